The Balaban J connectivity index is 1.46. The van der Waals surface area contributed by atoms with Crippen LogP contribution in [0, 0.1) is 0 Å². The molecule has 0 saturated carbocycles. The van der Waals surface area contributed by atoms with Crippen LogP contribution in [-0.4, -0.2) is 28.6 Å². The largest absolute Gasteiger partial charge is 0.467 e. The summed E-state index contributed by atoms with van der Waals surface area (Å²) in [5.74, 6) is 1.58. The highest BCUT2D eigenvalue weighted by Crippen LogP contribution is 2.26. The van der Waals surface area contributed by atoms with Crippen LogP contribution in [0.3, 0.4) is 0 Å². The normalized spacial score (nSPS) is 17.0. The molecule has 0 aliphatic carbocycles. The Morgan fingerprint density at radius 2 is 2.12 bits per heavy atom. The molecular formula is C18H18N4O3. The van der Waals surface area contributed by atoms with E-state index in [-0.39, 0.29) is 11.9 Å². The first kappa shape index (κ1) is 15.4. The van der Waals surface area contributed by atoms with Crippen LogP contribution in [0.2, 0.25) is 0 Å². The number of nitrogens with zero attached hydrogens (tertiary/aromatic N) is 3. The number of furan rings is 1. The van der Waals surface area contributed by atoms with Crippen LogP contribution < -0.4 is 10.2 Å². The molecule has 1 atom stereocenters. The van der Waals surface area contributed by atoms with Crippen LogP contribution in [0.5, 0.6) is 0 Å². The van der Waals surface area contributed by atoms with Crippen molar-refractivity contribution in [2.45, 2.75) is 25.4 Å². The Bertz CT molecular complexity index is 829. The van der Waals surface area contributed by atoms with Crippen LogP contribution >= 0.6 is 0 Å². The first-order valence-electron chi connectivity index (χ1n) is 8.27. The Morgan fingerprint density at radius 3 is 2.92 bits per heavy atom. The molecule has 25 heavy (non-hydrogen) atoms. The summed E-state index contributed by atoms with van der Waals surface area (Å²) in [4.78, 5) is 18.9. The quantitative estimate of drug-likeness (QED) is 0.770. The number of benzene rings is 1. The van der Waals surface area contributed by atoms with Gasteiger partial charge in [0.1, 0.15) is 11.8 Å². The van der Waals surface area contributed by atoms with Crippen LogP contribution in [0.4, 0.5) is 5.95 Å². The number of carbonyl (C=O) groups excluding carboxylic acids is 1. The van der Waals surface area contributed by atoms with E-state index in [1.165, 1.54) is 0 Å². The molecule has 1 saturated heterocycles. The third-order valence-electron chi connectivity index (χ3n) is 4.27. The van der Waals surface area contributed by atoms with Gasteiger partial charge in [-0.1, -0.05) is 18.2 Å². The lowest BCUT2D eigenvalue weighted by molar-refractivity contribution is -0.122. The highest BCUT2D eigenvalue weighted by molar-refractivity contribution is 5.85. The molecule has 1 fully saturated rings. The SMILES string of the molecule is O=C(NCc1ccco1)[C@@H]1CCCN1c1noc(-c2ccccc2)n1. The molecule has 7 nitrogen and oxygen atoms in total. The van der Waals surface area contributed by atoms with Crippen molar-refractivity contribution in [3.8, 4) is 11.5 Å². The Hall–Kier alpha value is -3.09. The maximum absolute atomic E-state index is 12.5. The number of amides is 1. The number of aromatic nitrogens is 2. The highest BCUT2D eigenvalue weighted by Gasteiger charge is 2.33. The zero-order valence-corrected chi connectivity index (χ0v) is 13.6. The fourth-order valence-electron chi connectivity index (χ4n) is 3.01. The van der Waals surface area contributed by atoms with Gasteiger partial charge in [0.15, 0.2) is 0 Å². The summed E-state index contributed by atoms with van der Waals surface area (Å²) < 4.78 is 10.6. The molecule has 0 unspecified atom stereocenters. The van der Waals surface area contributed by atoms with Gasteiger partial charge in [0, 0.05) is 12.1 Å². The van der Waals surface area contributed by atoms with Crippen molar-refractivity contribution >= 4 is 11.9 Å². The first-order valence-corrected chi connectivity index (χ1v) is 8.27. The minimum atomic E-state index is -0.295. The molecule has 1 N–H and O–H groups in total. The summed E-state index contributed by atoms with van der Waals surface area (Å²) in [6.45, 7) is 1.10. The zero-order valence-electron chi connectivity index (χ0n) is 13.6. The molecule has 128 valence electrons. The molecule has 0 spiro atoms. The smallest absolute Gasteiger partial charge is 0.267 e. The molecule has 2 aromatic heterocycles. The monoisotopic (exact) mass is 338 g/mol. The summed E-state index contributed by atoms with van der Waals surface area (Å²) in [6, 6.07) is 12.9. The summed E-state index contributed by atoms with van der Waals surface area (Å²) in [6.07, 6.45) is 3.26. The number of hydrogen-bond acceptors (Lipinski definition) is 6. The van der Waals surface area contributed by atoms with E-state index in [9.17, 15) is 4.79 Å². The van der Waals surface area contributed by atoms with Crippen molar-refractivity contribution in [2.75, 3.05) is 11.4 Å². The molecule has 0 radical (unpaired) electrons. The molecule has 1 amide bonds. The minimum Gasteiger partial charge on any atom is -0.467 e. The fraction of sp³-hybridized carbons (Fsp3) is 0.278. The Labute approximate surface area is 144 Å². The third kappa shape index (κ3) is 3.26. The number of carbonyl (C=O) groups is 1. The molecule has 1 aromatic carbocycles. The summed E-state index contributed by atoms with van der Waals surface area (Å²) in [7, 11) is 0. The average Bonchev–Trinajstić information content (AvgIpc) is 3.41. The van der Waals surface area contributed by atoms with Gasteiger partial charge in [-0.2, -0.15) is 4.98 Å². The van der Waals surface area contributed by atoms with E-state index >= 15 is 0 Å². The van der Waals surface area contributed by atoms with E-state index in [4.69, 9.17) is 8.94 Å². The number of hydrogen-bond donors (Lipinski definition) is 1. The second-order valence-electron chi connectivity index (χ2n) is 5.91. The van der Waals surface area contributed by atoms with Crippen LogP contribution in [0.1, 0.15) is 18.6 Å². The molecule has 1 aliphatic heterocycles. The van der Waals surface area contributed by atoms with Crippen LogP contribution in [0.25, 0.3) is 11.5 Å². The number of anilines is 1. The lowest BCUT2D eigenvalue weighted by Gasteiger charge is -2.21. The van der Waals surface area contributed by atoms with Crippen LogP contribution in [0.15, 0.2) is 57.7 Å². The average molecular weight is 338 g/mol. The van der Waals surface area contributed by atoms with Crippen molar-refractivity contribution in [3.05, 3.63) is 54.5 Å². The second kappa shape index (κ2) is 6.80. The fourth-order valence-corrected chi connectivity index (χ4v) is 3.01. The summed E-state index contributed by atoms with van der Waals surface area (Å²) >= 11 is 0. The van der Waals surface area contributed by atoms with Crippen LogP contribution in [-0.2, 0) is 11.3 Å². The minimum absolute atomic E-state index is 0.0556. The number of rotatable bonds is 5. The Kier molecular flexibility index (Phi) is 4.20. The van der Waals surface area contributed by atoms with Gasteiger partial charge in [0.25, 0.3) is 11.8 Å². The molecule has 0 bridgehead atoms. The maximum atomic E-state index is 12.5. The van der Waals surface area contributed by atoms with Crippen molar-refractivity contribution in [2.24, 2.45) is 0 Å². The Morgan fingerprint density at radius 1 is 1.24 bits per heavy atom. The second-order valence-corrected chi connectivity index (χ2v) is 5.91. The molecule has 3 heterocycles. The number of nitrogens with one attached hydrogen (secondary N) is 1. The van der Waals surface area contributed by atoms with Gasteiger partial charge in [-0.05, 0) is 42.3 Å². The van der Waals surface area contributed by atoms with E-state index < -0.39 is 0 Å². The molecular weight excluding hydrogens is 320 g/mol. The van der Waals surface area contributed by atoms with E-state index in [1.54, 1.807) is 12.3 Å². The topological polar surface area (TPSA) is 84.4 Å². The molecule has 3 aromatic rings. The van der Waals surface area contributed by atoms with Crippen molar-refractivity contribution in [1.82, 2.24) is 15.5 Å². The van der Waals surface area contributed by atoms with Gasteiger partial charge >= 0.3 is 0 Å². The lowest BCUT2D eigenvalue weighted by atomic mass is 10.2. The van der Waals surface area contributed by atoms with E-state index in [2.05, 4.69) is 15.5 Å². The lowest BCUT2D eigenvalue weighted by Crippen LogP contribution is -2.43. The third-order valence-corrected chi connectivity index (χ3v) is 4.27. The van der Waals surface area contributed by atoms with Gasteiger partial charge < -0.3 is 19.2 Å². The van der Waals surface area contributed by atoms with E-state index in [0.29, 0.717) is 18.4 Å². The van der Waals surface area contributed by atoms with Gasteiger partial charge in [-0.25, -0.2) is 0 Å². The predicted molar refractivity (Wildman–Crippen MR) is 90.7 cm³/mol. The van der Waals surface area contributed by atoms with Gasteiger partial charge in [-0.3, -0.25) is 4.79 Å². The van der Waals surface area contributed by atoms with Crippen molar-refractivity contribution < 1.29 is 13.7 Å². The maximum Gasteiger partial charge on any atom is 0.267 e. The first-order chi connectivity index (χ1) is 12.3. The van der Waals surface area contributed by atoms with Gasteiger partial charge in [0.2, 0.25) is 5.91 Å². The zero-order chi connectivity index (χ0) is 17.1. The summed E-state index contributed by atoms with van der Waals surface area (Å²) in [5.41, 5.74) is 0.860. The van der Waals surface area contributed by atoms with Gasteiger partial charge in [0.05, 0.1) is 12.8 Å². The summed E-state index contributed by atoms with van der Waals surface area (Å²) in [5, 5.41) is 6.96. The van der Waals surface area contributed by atoms with Gasteiger partial charge in [-0.15, -0.1) is 0 Å². The molecule has 1 aliphatic rings. The van der Waals surface area contributed by atoms with E-state index in [1.807, 2.05) is 41.3 Å². The van der Waals surface area contributed by atoms with Crippen molar-refractivity contribution in [3.63, 3.8) is 0 Å². The standard InChI is InChI=1S/C18H18N4O3/c23-16(19-12-14-8-5-11-24-14)15-9-4-10-22(15)18-20-17(25-21-18)13-6-2-1-3-7-13/h1-3,5-8,11,15H,4,9-10,12H2,(H,19,23)/t15-/m0/s1. The predicted octanol–water partition coefficient (Wildman–Crippen LogP) is 2.61. The molecule has 4 rings (SSSR count). The van der Waals surface area contributed by atoms with E-state index in [0.717, 1.165) is 30.7 Å². The molecule has 7 heteroatoms. The highest BCUT2D eigenvalue weighted by atomic mass is 16.5. The van der Waals surface area contributed by atoms with Crippen molar-refractivity contribution in [1.29, 1.82) is 0 Å².